The smallest absolute Gasteiger partial charge is 0.416 e. The molecule has 0 saturated carbocycles. The van der Waals surface area contributed by atoms with Crippen LogP contribution in [0, 0.1) is 0 Å². The van der Waals surface area contributed by atoms with E-state index >= 15 is 0 Å². The second kappa shape index (κ2) is 13.2. The summed E-state index contributed by atoms with van der Waals surface area (Å²) < 4.78 is 57.7. The van der Waals surface area contributed by atoms with Crippen molar-refractivity contribution in [2.24, 2.45) is 5.73 Å². The van der Waals surface area contributed by atoms with E-state index in [1.807, 2.05) is 30.3 Å². The minimum Gasteiger partial charge on any atom is -0.493 e. The first-order valence-corrected chi connectivity index (χ1v) is 15.3. The molecule has 46 heavy (non-hydrogen) atoms. The molecular weight excluding hydrogens is 599 g/mol. The molecule has 1 atom stereocenters. The molecule has 3 aromatic carbocycles. The lowest BCUT2D eigenvalue weighted by molar-refractivity contribution is -0.137. The average Bonchev–Trinajstić information content (AvgIpc) is 3.52. The van der Waals surface area contributed by atoms with Gasteiger partial charge in [-0.2, -0.15) is 13.2 Å². The first-order chi connectivity index (χ1) is 22.0. The van der Waals surface area contributed by atoms with E-state index in [1.165, 1.54) is 33.5 Å². The number of amides is 2. The van der Waals surface area contributed by atoms with Gasteiger partial charge in [-0.3, -0.25) is 9.59 Å². The SMILES string of the molecule is COc1cc(C(=O)N2CCC(CCN3CCC(C(N)=O)(c4ccccc4)CC3)(c3cccc(C(F)(F)F)c3)C2)cc(OC)c1OC. The van der Waals surface area contributed by atoms with Crippen LogP contribution in [-0.4, -0.2) is 75.7 Å². The number of benzene rings is 3. The van der Waals surface area contributed by atoms with Crippen molar-refractivity contribution in [2.75, 3.05) is 54.1 Å². The summed E-state index contributed by atoms with van der Waals surface area (Å²) in [6.07, 6.45) is -2.37. The van der Waals surface area contributed by atoms with Crippen LogP contribution in [0.2, 0.25) is 0 Å². The summed E-state index contributed by atoms with van der Waals surface area (Å²) in [6.45, 7) is 2.43. The van der Waals surface area contributed by atoms with Gasteiger partial charge in [-0.15, -0.1) is 0 Å². The maximum Gasteiger partial charge on any atom is 0.416 e. The second-order valence-electron chi connectivity index (χ2n) is 12.2. The molecule has 1 unspecified atom stereocenters. The molecule has 2 heterocycles. The number of carbonyl (C=O) groups is 2. The van der Waals surface area contributed by atoms with Crippen LogP contribution in [0.15, 0.2) is 66.7 Å². The third kappa shape index (κ3) is 6.38. The summed E-state index contributed by atoms with van der Waals surface area (Å²) >= 11 is 0. The molecule has 2 aliphatic rings. The van der Waals surface area contributed by atoms with Gasteiger partial charge >= 0.3 is 6.18 Å². The van der Waals surface area contributed by atoms with Gasteiger partial charge in [0, 0.05) is 24.1 Å². The van der Waals surface area contributed by atoms with E-state index in [0.29, 0.717) is 80.2 Å². The molecular formula is C35H40F3N3O5. The molecule has 0 aromatic heterocycles. The highest BCUT2D eigenvalue weighted by Gasteiger charge is 2.45. The number of halogens is 3. The summed E-state index contributed by atoms with van der Waals surface area (Å²) in [4.78, 5) is 30.5. The Labute approximate surface area is 267 Å². The summed E-state index contributed by atoms with van der Waals surface area (Å²) in [7, 11) is 4.41. The van der Waals surface area contributed by atoms with E-state index < -0.39 is 22.6 Å². The van der Waals surface area contributed by atoms with Crippen molar-refractivity contribution in [3.63, 3.8) is 0 Å². The highest BCUT2D eigenvalue weighted by Crippen LogP contribution is 2.43. The van der Waals surface area contributed by atoms with E-state index in [2.05, 4.69) is 4.90 Å². The number of methoxy groups -OCH3 is 3. The zero-order valence-electron chi connectivity index (χ0n) is 26.4. The van der Waals surface area contributed by atoms with E-state index in [9.17, 15) is 22.8 Å². The number of piperidine rings is 1. The Balaban J connectivity index is 1.39. The first-order valence-electron chi connectivity index (χ1n) is 15.3. The maximum atomic E-state index is 13.8. The van der Waals surface area contributed by atoms with Gasteiger partial charge in [0.2, 0.25) is 11.7 Å². The first kappa shape index (κ1) is 33.1. The third-order valence-corrected chi connectivity index (χ3v) is 9.77. The van der Waals surface area contributed by atoms with Crippen LogP contribution in [0.5, 0.6) is 17.2 Å². The zero-order valence-corrected chi connectivity index (χ0v) is 26.4. The Morgan fingerprint density at radius 1 is 0.826 bits per heavy atom. The van der Waals surface area contributed by atoms with Crippen molar-refractivity contribution in [1.29, 1.82) is 0 Å². The lowest BCUT2D eigenvalue weighted by atomic mass is 9.71. The topological polar surface area (TPSA) is 94.3 Å². The molecule has 8 nitrogen and oxygen atoms in total. The molecule has 0 spiro atoms. The molecule has 2 aliphatic heterocycles. The van der Waals surface area contributed by atoms with Crippen LogP contribution in [0.3, 0.4) is 0 Å². The van der Waals surface area contributed by atoms with Crippen molar-refractivity contribution in [2.45, 2.75) is 42.7 Å². The number of nitrogens with two attached hydrogens (primary N) is 1. The molecule has 0 bridgehead atoms. The summed E-state index contributed by atoms with van der Waals surface area (Å²) in [6, 6.07) is 18.2. The number of nitrogens with zero attached hydrogens (tertiary/aromatic N) is 2. The average molecular weight is 640 g/mol. The number of rotatable bonds is 10. The van der Waals surface area contributed by atoms with E-state index in [-0.39, 0.29) is 18.4 Å². The molecule has 2 N–H and O–H groups in total. The third-order valence-electron chi connectivity index (χ3n) is 9.77. The van der Waals surface area contributed by atoms with Crippen LogP contribution in [0.4, 0.5) is 13.2 Å². The predicted octanol–water partition coefficient (Wildman–Crippen LogP) is 5.42. The van der Waals surface area contributed by atoms with Crippen molar-refractivity contribution in [3.8, 4) is 17.2 Å². The minimum atomic E-state index is -4.50. The highest BCUT2D eigenvalue weighted by atomic mass is 19.4. The number of carbonyl (C=O) groups excluding carboxylic acids is 2. The number of hydrogen-bond acceptors (Lipinski definition) is 6. The zero-order chi connectivity index (χ0) is 33.1. The lowest BCUT2D eigenvalue weighted by Crippen LogP contribution is -2.50. The second-order valence-corrected chi connectivity index (χ2v) is 12.2. The van der Waals surface area contributed by atoms with Gasteiger partial charge in [-0.05, 0) is 74.6 Å². The van der Waals surface area contributed by atoms with Gasteiger partial charge in [0.25, 0.3) is 5.91 Å². The molecule has 11 heteroatoms. The standard InChI is InChI=1S/C35H40F3N3O5/c1-44-28-20-24(21-29(45-2)30(28)46-3)31(42)41-19-13-33(23-41,26-10-7-11-27(22-26)35(36,37)38)12-16-40-17-14-34(15-18-40,32(39)43)25-8-5-4-6-9-25/h4-11,20-22H,12-19,23H2,1-3H3,(H2,39,43). The van der Waals surface area contributed by atoms with Crippen LogP contribution in [0.25, 0.3) is 0 Å². The number of likely N-dealkylation sites (tertiary alicyclic amines) is 2. The van der Waals surface area contributed by atoms with Gasteiger partial charge in [0.05, 0.1) is 32.3 Å². The van der Waals surface area contributed by atoms with E-state index in [4.69, 9.17) is 19.9 Å². The summed E-state index contributed by atoms with van der Waals surface area (Å²) in [5, 5.41) is 0. The summed E-state index contributed by atoms with van der Waals surface area (Å²) in [5.41, 5.74) is 5.53. The fourth-order valence-electron chi connectivity index (χ4n) is 7.01. The molecule has 2 amide bonds. The Bertz CT molecular complexity index is 1530. The van der Waals surface area contributed by atoms with Crippen LogP contribution >= 0.6 is 0 Å². The van der Waals surface area contributed by atoms with Crippen LogP contribution in [-0.2, 0) is 21.8 Å². The molecule has 2 saturated heterocycles. The monoisotopic (exact) mass is 639 g/mol. The van der Waals surface area contributed by atoms with Crippen molar-refractivity contribution < 1.29 is 37.0 Å². The van der Waals surface area contributed by atoms with Crippen molar-refractivity contribution in [3.05, 3.63) is 89.0 Å². The van der Waals surface area contributed by atoms with E-state index in [0.717, 1.165) is 11.6 Å². The van der Waals surface area contributed by atoms with Gasteiger partial charge in [-0.25, -0.2) is 0 Å². The van der Waals surface area contributed by atoms with Crippen molar-refractivity contribution >= 4 is 11.8 Å². The molecule has 2 fully saturated rings. The molecule has 246 valence electrons. The lowest BCUT2D eigenvalue weighted by Gasteiger charge is -2.41. The molecule has 0 radical (unpaired) electrons. The Kier molecular flexibility index (Phi) is 9.53. The van der Waals surface area contributed by atoms with Gasteiger partial charge in [-0.1, -0.05) is 48.5 Å². The number of ether oxygens (including phenoxy) is 3. The van der Waals surface area contributed by atoms with Crippen LogP contribution < -0.4 is 19.9 Å². The van der Waals surface area contributed by atoms with Gasteiger partial charge in [0.1, 0.15) is 0 Å². The largest absolute Gasteiger partial charge is 0.493 e. The van der Waals surface area contributed by atoms with Crippen LogP contribution in [0.1, 0.15) is 52.7 Å². The fourth-order valence-corrected chi connectivity index (χ4v) is 7.01. The van der Waals surface area contributed by atoms with E-state index in [1.54, 1.807) is 23.1 Å². The maximum absolute atomic E-state index is 13.8. The fraction of sp³-hybridized carbons (Fsp3) is 0.429. The molecule has 5 rings (SSSR count). The van der Waals surface area contributed by atoms with Crippen molar-refractivity contribution in [1.82, 2.24) is 9.80 Å². The number of hydrogen-bond donors (Lipinski definition) is 1. The predicted molar refractivity (Wildman–Crippen MR) is 167 cm³/mol. The number of primary amides is 1. The number of alkyl halides is 3. The molecule has 0 aliphatic carbocycles. The molecule has 3 aromatic rings. The van der Waals surface area contributed by atoms with Gasteiger partial charge in [0.15, 0.2) is 11.5 Å². The van der Waals surface area contributed by atoms with Gasteiger partial charge < -0.3 is 29.7 Å². The highest BCUT2D eigenvalue weighted by molar-refractivity contribution is 5.96. The Hall–Kier alpha value is -4.25. The minimum absolute atomic E-state index is 0.243. The Morgan fingerprint density at radius 2 is 1.46 bits per heavy atom. The Morgan fingerprint density at radius 3 is 2.02 bits per heavy atom. The normalized spacial score (nSPS) is 19.9. The quantitative estimate of drug-likeness (QED) is 0.318. The summed E-state index contributed by atoms with van der Waals surface area (Å²) in [5.74, 6) is 0.397.